The van der Waals surface area contributed by atoms with Gasteiger partial charge in [-0.05, 0) is 32.4 Å². The number of ether oxygens (including phenoxy) is 3. The van der Waals surface area contributed by atoms with Crippen molar-refractivity contribution in [1.29, 1.82) is 0 Å². The van der Waals surface area contributed by atoms with Crippen molar-refractivity contribution in [3.63, 3.8) is 0 Å². The molecule has 1 fully saturated rings. The lowest BCUT2D eigenvalue weighted by Crippen LogP contribution is -2.38. The standard InChI is InChI=1S/C16H23ClN5O9P/c1-16(2,3)31-13(25)14(32(26,27)28)29-4-6-8(23)9(24)12(30-6)22-5-19-7-10(18)20-15(17)21-11(7)22/h5-6,8-9,12,14,23-24H,4H2,1-3H3,(H2,18,20,21)(H2,26,27,28). The molecule has 0 amide bonds. The van der Waals surface area contributed by atoms with Gasteiger partial charge in [-0.3, -0.25) is 9.13 Å². The van der Waals surface area contributed by atoms with Crippen LogP contribution in [0.25, 0.3) is 11.2 Å². The van der Waals surface area contributed by atoms with E-state index in [0.29, 0.717) is 0 Å². The summed E-state index contributed by atoms with van der Waals surface area (Å²) in [6.07, 6.45) is -4.29. The van der Waals surface area contributed by atoms with Gasteiger partial charge in [-0.2, -0.15) is 9.97 Å². The van der Waals surface area contributed by atoms with Crippen molar-refractivity contribution in [3.05, 3.63) is 11.6 Å². The number of imidazole rings is 1. The first-order valence-corrected chi connectivity index (χ1v) is 11.3. The molecule has 1 aliphatic heterocycles. The van der Waals surface area contributed by atoms with E-state index in [9.17, 15) is 29.4 Å². The highest BCUT2D eigenvalue weighted by Crippen LogP contribution is 2.43. The average Bonchev–Trinajstić information content (AvgIpc) is 3.15. The molecule has 0 aromatic carbocycles. The number of carbonyl (C=O) groups is 1. The Balaban J connectivity index is 1.78. The number of aliphatic hydroxyl groups is 2. The topological polar surface area (TPSA) is 212 Å². The number of rotatable bonds is 6. The van der Waals surface area contributed by atoms with Crippen LogP contribution in [-0.4, -0.2) is 81.9 Å². The molecule has 32 heavy (non-hydrogen) atoms. The molecule has 0 aliphatic carbocycles. The lowest BCUT2D eigenvalue weighted by molar-refractivity contribution is -0.166. The molecule has 1 aliphatic rings. The maximum Gasteiger partial charge on any atom is 0.365 e. The highest BCUT2D eigenvalue weighted by Gasteiger charge is 2.47. The highest BCUT2D eigenvalue weighted by atomic mass is 35.5. The summed E-state index contributed by atoms with van der Waals surface area (Å²) in [7, 11) is -5.07. The van der Waals surface area contributed by atoms with Gasteiger partial charge in [0, 0.05) is 0 Å². The van der Waals surface area contributed by atoms with E-state index in [0.717, 1.165) is 0 Å². The molecule has 3 heterocycles. The van der Waals surface area contributed by atoms with Gasteiger partial charge < -0.3 is 39.9 Å². The SMILES string of the molecule is CC(C)(C)OC(=O)C(OCC1OC(n2cnc3c(N)nc(Cl)nc32)C(O)C1O)P(=O)(O)O. The molecule has 1 saturated heterocycles. The number of aliphatic hydroxyl groups excluding tert-OH is 2. The summed E-state index contributed by atoms with van der Waals surface area (Å²) < 4.78 is 28.7. The first-order valence-electron chi connectivity index (χ1n) is 9.26. The van der Waals surface area contributed by atoms with Crippen LogP contribution >= 0.6 is 19.2 Å². The van der Waals surface area contributed by atoms with Crippen molar-refractivity contribution < 1.29 is 43.6 Å². The number of anilines is 1. The second-order valence-electron chi connectivity index (χ2n) is 8.06. The zero-order chi connectivity index (χ0) is 24.0. The van der Waals surface area contributed by atoms with Gasteiger partial charge in [0.25, 0.3) is 5.85 Å². The molecule has 16 heteroatoms. The van der Waals surface area contributed by atoms with Gasteiger partial charge in [0.05, 0.1) is 12.9 Å². The lowest BCUT2D eigenvalue weighted by Gasteiger charge is -2.25. The van der Waals surface area contributed by atoms with E-state index in [1.165, 1.54) is 31.7 Å². The Morgan fingerprint density at radius 2 is 2.00 bits per heavy atom. The summed E-state index contributed by atoms with van der Waals surface area (Å²) in [6, 6.07) is 0. The minimum absolute atomic E-state index is 0.00600. The number of hydrogen-bond donors (Lipinski definition) is 5. The maximum atomic E-state index is 12.2. The van der Waals surface area contributed by atoms with Crippen molar-refractivity contribution in [2.75, 3.05) is 12.3 Å². The van der Waals surface area contributed by atoms with Crippen LogP contribution < -0.4 is 5.73 Å². The first-order chi connectivity index (χ1) is 14.7. The smallest absolute Gasteiger partial charge is 0.365 e. The molecule has 5 atom stereocenters. The van der Waals surface area contributed by atoms with Crippen molar-refractivity contribution in [1.82, 2.24) is 19.5 Å². The molecule has 0 saturated carbocycles. The largest absolute Gasteiger partial charge is 0.458 e. The minimum Gasteiger partial charge on any atom is -0.458 e. The summed E-state index contributed by atoms with van der Waals surface area (Å²) in [5.41, 5.74) is 5.04. The van der Waals surface area contributed by atoms with E-state index in [1.54, 1.807) is 0 Å². The molecular weight excluding hydrogens is 473 g/mol. The molecule has 0 spiro atoms. The van der Waals surface area contributed by atoms with E-state index in [-0.39, 0.29) is 22.3 Å². The van der Waals surface area contributed by atoms with Crippen molar-refractivity contribution in [2.45, 2.75) is 56.8 Å². The molecule has 2 aromatic rings. The summed E-state index contributed by atoms with van der Waals surface area (Å²) in [4.78, 5) is 43.0. The van der Waals surface area contributed by atoms with Crippen LogP contribution in [0.1, 0.15) is 27.0 Å². The van der Waals surface area contributed by atoms with Gasteiger partial charge in [-0.15, -0.1) is 0 Å². The summed E-state index contributed by atoms with van der Waals surface area (Å²) in [6.45, 7) is 3.91. The quantitative estimate of drug-likeness (QED) is 0.195. The zero-order valence-corrected chi connectivity index (χ0v) is 18.8. The number of carbonyl (C=O) groups excluding carboxylic acids is 1. The number of hydrogen-bond acceptors (Lipinski definition) is 11. The number of halogens is 1. The van der Waals surface area contributed by atoms with Crippen molar-refractivity contribution in [3.8, 4) is 0 Å². The van der Waals surface area contributed by atoms with Gasteiger partial charge in [-0.1, -0.05) is 0 Å². The molecule has 178 valence electrons. The molecule has 5 unspecified atom stereocenters. The van der Waals surface area contributed by atoms with Crippen LogP contribution in [-0.2, 0) is 23.6 Å². The fourth-order valence-electron chi connectivity index (χ4n) is 3.03. The Morgan fingerprint density at radius 1 is 1.34 bits per heavy atom. The number of nitrogens with two attached hydrogens (primary N) is 1. The molecule has 0 radical (unpaired) electrons. The number of fused-ring (bicyclic) bond motifs is 1. The van der Waals surface area contributed by atoms with Crippen LogP contribution in [0.3, 0.4) is 0 Å². The van der Waals surface area contributed by atoms with Crippen molar-refractivity contribution >= 4 is 42.1 Å². The predicted molar refractivity (Wildman–Crippen MR) is 108 cm³/mol. The number of nitrogens with zero attached hydrogens (tertiary/aromatic N) is 4. The monoisotopic (exact) mass is 495 g/mol. The predicted octanol–water partition coefficient (Wildman–Crippen LogP) is -0.457. The van der Waals surface area contributed by atoms with Gasteiger partial charge in [0.2, 0.25) is 5.28 Å². The van der Waals surface area contributed by atoms with Crippen LogP contribution in [0.5, 0.6) is 0 Å². The zero-order valence-electron chi connectivity index (χ0n) is 17.2. The summed E-state index contributed by atoms with van der Waals surface area (Å²) >= 11 is 5.82. The fraction of sp³-hybridized carbons (Fsp3) is 0.625. The molecular formula is C16H23ClN5O9P. The van der Waals surface area contributed by atoms with E-state index in [2.05, 4.69) is 15.0 Å². The second-order valence-corrected chi connectivity index (χ2v) is 10.0. The molecule has 2 aromatic heterocycles. The Kier molecular flexibility index (Phi) is 6.80. The lowest BCUT2D eigenvalue weighted by atomic mass is 10.1. The maximum absolute atomic E-state index is 12.2. The van der Waals surface area contributed by atoms with Crippen LogP contribution in [0.15, 0.2) is 6.33 Å². The van der Waals surface area contributed by atoms with Crippen LogP contribution in [0.4, 0.5) is 5.82 Å². The van der Waals surface area contributed by atoms with E-state index in [1.807, 2.05) is 0 Å². The van der Waals surface area contributed by atoms with Crippen molar-refractivity contribution in [2.24, 2.45) is 0 Å². The third kappa shape index (κ3) is 5.18. The summed E-state index contributed by atoms with van der Waals surface area (Å²) in [5.74, 6) is -3.53. The first kappa shape index (κ1) is 24.7. The van der Waals surface area contributed by atoms with E-state index >= 15 is 0 Å². The second kappa shape index (κ2) is 8.80. The Hall–Kier alpha value is -1.90. The van der Waals surface area contributed by atoms with E-state index < -0.39 is 56.2 Å². The van der Waals surface area contributed by atoms with E-state index in [4.69, 9.17) is 31.5 Å². The fourth-order valence-corrected chi connectivity index (χ4v) is 3.81. The van der Waals surface area contributed by atoms with Gasteiger partial charge in [-0.25, -0.2) is 9.78 Å². The molecule has 3 rings (SSSR count). The van der Waals surface area contributed by atoms with Gasteiger partial charge >= 0.3 is 13.6 Å². The Bertz CT molecular complexity index is 1050. The van der Waals surface area contributed by atoms with Crippen LogP contribution in [0, 0.1) is 0 Å². The minimum atomic E-state index is -5.07. The van der Waals surface area contributed by atoms with Crippen LogP contribution in [0.2, 0.25) is 5.28 Å². The normalized spacial score (nSPS) is 25.2. The number of nitrogen functional groups attached to an aromatic ring is 1. The number of aromatic nitrogens is 4. The third-order valence-electron chi connectivity index (χ3n) is 4.36. The molecule has 0 bridgehead atoms. The Morgan fingerprint density at radius 3 is 2.59 bits per heavy atom. The third-order valence-corrected chi connectivity index (χ3v) is 5.50. The molecule has 14 nitrogen and oxygen atoms in total. The average molecular weight is 496 g/mol. The Labute approximate surface area is 186 Å². The summed E-state index contributed by atoms with van der Waals surface area (Å²) in [5, 5.41) is 20.6. The van der Waals surface area contributed by atoms with Gasteiger partial charge in [0.15, 0.2) is 17.7 Å². The number of esters is 1. The molecule has 6 N–H and O–H groups in total. The highest BCUT2D eigenvalue weighted by molar-refractivity contribution is 7.53. The van der Waals surface area contributed by atoms with Gasteiger partial charge in [0.1, 0.15) is 29.4 Å².